The van der Waals surface area contributed by atoms with Gasteiger partial charge in [0.25, 0.3) is 0 Å². The van der Waals surface area contributed by atoms with E-state index in [1.165, 1.54) is 5.56 Å². The summed E-state index contributed by atoms with van der Waals surface area (Å²) in [7, 11) is 0. The van der Waals surface area contributed by atoms with Crippen molar-refractivity contribution in [2.24, 2.45) is 5.84 Å². The molecule has 4 nitrogen and oxygen atoms in total. The Balaban J connectivity index is 2.46. The summed E-state index contributed by atoms with van der Waals surface area (Å²) in [6.45, 7) is 6.41. The molecule has 1 unspecified atom stereocenters. The van der Waals surface area contributed by atoms with Crippen LogP contribution in [-0.2, 0) is 4.74 Å². The van der Waals surface area contributed by atoms with Crippen LogP contribution in [0.25, 0.3) is 0 Å². The van der Waals surface area contributed by atoms with E-state index in [0.29, 0.717) is 0 Å². The molecule has 0 amide bonds. The number of nitrogens with two attached hydrogens (primary N) is 1. The number of ether oxygens (including phenoxy) is 2. The van der Waals surface area contributed by atoms with Gasteiger partial charge in [-0.05, 0) is 43.9 Å². The number of hydrogen-bond acceptors (Lipinski definition) is 4. The monoisotopic (exact) mass is 266 g/mol. The van der Waals surface area contributed by atoms with Crippen molar-refractivity contribution >= 4 is 0 Å². The molecule has 1 rings (SSSR count). The molecule has 0 aromatic heterocycles. The van der Waals surface area contributed by atoms with Gasteiger partial charge < -0.3 is 9.47 Å². The van der Waals surface area contributed by atoms with Crippen molar-refractivity contribution < 1.29 is 9.47 Å². The lowest BCUT2D eigenvalue weighted by Gasteiger charge is -2.16. The summed E-state index contributed by atoms with van der Waals surface area (Å²) >= 11 is 0. The van der Waals surface area contributed by atoms with Crippen LogP contribution in [0, 0.1) is 0 Å². The number of hydrogen-bond donors (Lipinski definition) is 2. The Morgan fingerprint density at radius 3 is 2.47 bits per heavy atom. The minimum absolute atomic E-state index is 0.167. The average molecular weight is 266 g/mol. The Hall–Kier alpha value is -1.10. The van der Waals surface area contributed by atoms with Gasteiger partial charge >= 0.3 is 0 Å². The molecular weight excluding hydrogens is 240 g/mol. The Morgan fingerprint density at radius 2 is 1.89 bits per heavy atom. The quantitative estimate of drug-likeness (QED) is 0.388. The maximum absolute atomic E-state index is 5.62. The van der Waals surface area contributed by atoms with Gasteiger partial charge in [-0.3, -0.25) is 11.3 Å². The van der Waals surface area contributed by atoms with Gasteiger partial charge in [0.05, 0.1) is 6.61 Å². The fourth-order valence-corrected chi connectivity index (χ4v) is 1.90. The SMILES string of the molecule is CCCOc1ccc(C(CCCOCC)NN)cc1. The summed E-state index contributed by atoms with van der Waals surface area (Å²) in [4.78, 5) is 0. The van der Waals surface area contributed by atoms with Crippen LogP contribution in [0.3, 0.4) is 0 Å². The van der Waals surface area contributed by atoms with Crippen molar-refractivity contribution in [3.05, 3.63) is 29.8 Å². The molecule has 0 aliphatic heterocycles. The highest BCUT2D eigenvalue weighted by molar-refractivity contribution is 5.29. The van der Waals surface area contributed by atoms with Crippen LogP contribution in [0.15, 0.2) is 24.3 Å². The predicted octanol–water partition coefficient (Wildman–Crippen LogP) is 2.80. The predicted molar refractivity (Wildman–Crippen MR) is 78.0 cm³/mol. The third-order valence-electron chi connectivity index (χ3n) is 2.94. The molecule has 0 heterocycles. The van der Waals surface area contributed by atoms with Gasteiger partial charge in [-0.1, -0.05) is 19.1 Å². The average Bonchev–Trinajstić information content (AvgIpc) is 2.46. The first-order valence-electron chi connectivity index (χ1n) is 7.08. The Kier molecular flexibility index (Phi) is 8.21. The third kappa shape index (κ3) is 6.05. The highest BCUT2D eigenvalue weighted by atomic mass is 16.5. The molecule has 0 radical (unpaired) electrons. The molecule has 108 valence electrons. The maximum atomic E-state index is 5.62. The van der Waals surface area contributed by atoms with E-state index in [1.807, 2.05) is 19.1 Å². The van der Waals surface area contributed by atoms with Crippen LogP contribution < -0.4 is 16.0 Å². The van der Waals surface area contributed by atoms with Crippen LogP contribution in [0.4, 0.5) is 0 Å². The molecular formula is C15H26N2O2. The summed E-state index contributed by atoms with van der Waals surface area (Å²) in [5, 5.41) is 0. The lowest BCUT2D eigenvalue weighted by Crippen LogP contribution is -2.28. The van der Waals surface area contributed by atoms with Crippen molar-refractivity contribution in [1.82, 2.24) is 5.43 Å². The fourth-order valence-electron chi connectivity index (χ4n) is 1.90. The Labute approximate surface area is 116 Å². The van der Waals surface area contributed by atoms with E-state index in [-0.39, 0.29) is 6.04 Å². The zero-order chi connectivity index (χ0) is 13.9. The highest BCUT2D eigenvalue weighted by Gasteiger charge is 2.09. The first-order valence-corrected chi connectivity index (χ1v) is 7.08. The summed E-state index contributed by atoms with van der Waals surface area (Å²) in [6.07, 6.45) is 2.98. The molecule has 0 aliphatic rings. The zero-order valence-corrected chi connectivity index (χ0v) is 12.0. The van der Waals surface area contributed by atoms with Gasteiger partial charge in [0.2, 0.25) is 0 Å². The van der Waals surface area contributed by atoms with Gasteiger partial charge in [-0.15, -0.1) is 0 Å². The summed E-state index contributed by atoms with van der Waals surface area (Å²) in [6, 6.07) is 8.29. The second-order valence-electron chi connectivity index (χ2n) is 4.48. The van der Waals surface area contributed by atoms with Crippen molar-refractivity contribution in [3.8, 4) is 5.75 Å². The van der Waals surface area contributed by atoms with Gasteiger partial charge in [0, 0.05) is 19.3 Å². The molecule has 0 saturated carbocycles. The number of rotatable bonds is 10. The molecule has 4 heteroatoms. The first kappa shape index (κ1) is 16.0. The van der Waals surface area contributed by atoms with Gasteiger partial charge in [0.1, 0.15) is 5.75 Å². The van der Waals surface area contributed by atoms with E-state index >= 15 is 0 Å². The van der Waals surface area contributed by atoms with Crippen LogP contribution in [0.2, 0.25) is 0 Å². The van der Waals surface area contributed by atoms with Crippen LogP contribution in [0.1, 0.15) is 44.7 Å². The third-order valence-corrected chi connectivity index (χ3v) is 2.94. The minimum Gasteiger partial charge on any atom is -0.494 e. The lowest BCUT2D eigenvalue weighted by molar-refractivity contribution is 0.141. The van der Waals surface area contributed by atoms with E-state index in [1.54, 1.807) is 0 Å². The van der Waals surface area contributed by atoms with Crippen molar-refractivity contribution in [3.63, 3.8) is 0 Å². The Bertz CT molecular complexity index is 327. The van der Waals surface area contributed by atoms with E-state index in [4.69, 9.17) is 15.3 Å². The molecule has 0 spiro atoms. The standard InChI is InChI=1S/C15H26N2O2/c1-3-11-19-14-9-7-13(8-10-14)15(17-16)6-5-12-18-4-2/h7-10,15,17H,3-6,11-12,16H2,1-2H3. The van der Waals surface area contributed by atoms with Gasteiger partial charge in [-0.2, -0.15) is 0 Å². The smallest absolute Gasteiger partial charge is 0.119 e. The molecule has 0 saturated heterocycles. The maximum Gasteiger partial charge on any atom is 0.119 e. The largest absolute Gasteiger partial charge is 0.494 e. The normalized spacial score (nSPS) is 12.4. The van der Waals surface area contributed by atoms with Crippen LogP contribution in [0.5, 0.6) is 5.75 Å². The summed E-state index contributed by atoms with van der Waals surface area (Å²) < 4.78 is 10.9. The second-order valence-corrected chi connectivity index (χ2v) is 4.48. The zero-order valence-electron chi connectivity index (χ0n) is 12.0. The van der Waals surface area contributed by atoms with Crippen LogP contribution >= 0.6 is 0 Å². The fraction of sp³-hybridized carbons (Fsp3) is 0.600. The van der Waals surface area contributed by atoms with E-state index in [0.717, 1.165) is 44.8 Å². The molecule has 3 N–H and O–H groups in total. The molecule has 0 fully saturated rings. The lowest BCUT2D eigenvalue weighted by atomic mass is 10.0. The van der Waals surface area contributed by atoms with E-state index in [2.05, 4.69) is 24.5 Å². The van der Waals surface area contributed by atoms with Crippen molar-refractivity contribution in [1.29, 1.82) is 0 Å². The first-order chi connectivity index (χ1) is 9.31. The van der Waals surface area contributed by atoms with Crippen molar-refractivity contribution in [2.75, 3.05) is 19.8 Å². The second kappa shape index (κ2) is 9.78. The topological polar surface area (TPSA) is 56.5 Å². The van der Waals surface area contributed by atoms with Crippen molar-refractivity contribution in [2.45, 2.75) is 39.2 Å². The summed E-state index contributed by atoms with van der Waals surface area (Å²) in [5.74, 6) is 6.53. The molecule has 1 aromatic carbocycles. The van der Waals surface area contributed by atoms with Gasteiger partial charge in [-0.25, -0.2) is 0 Å². The van der Waals surface area contributed by atoms with Gasteiger partial charge in [0.15, 0.2) is 0 Å². The number of hydrazine groups is 1. The molecule has 0 aliphatic carbocycles. The number of benzene rings is 1. The Morgan fingerprint density at radius 1 is 1.16 bits per heavy atom. The molecule has 1 atom stereocenters. The van der Waals surface area contributed by atoms with E-state index < -0.39 is 0 Å². The highest BCUT2D eigenvalue weighted by Crippen LogP contribution is 2.21. The van der Waals surface area contributed by atoms with Crippen LogP contribution in [-0.4, -0.2) is 19.8 Å². The summed E-state index contributed by atoms with van der Waals surface area (Å²) in [5.41, 5.74) is 4.04. The molecule has 19 heavy (non-hydrogen) atoms. The molecule has 0 bridgehead atoms. The van der Waals surface area contributed by atoms with E-state index in [9.17, 15) is 0 Å². The molecule has 1 aromatic rings. The minimum atomic E-state index is 0.167. The number of nitrogens with one attached hydrogen (secondary N) is 1.